The van der Waals surface area contributed by atoms with Gasteiger partial charge in [-0.3, -0.25) is 4.90 Å². The smallest absolute Gasteiger partial charge is 0.119 e. The minimum Gasteiger partial charge on any atom is -0.492 e. The SMILES string of the molecule is CCNCc1cccc(OCCN2CCC(C)CC2C)c1. The van der Waals surface area contributed by atoms with E-state index in [1.807, 2.05) is 0 Å². The molecule has 0 saturated carbocycles. The van der Waals surface area contributed by atoms with E-state index in [0.717, 1.165) is 37.9 Å². The van der Waals surface area contributed by atoms with Gasteiger partial charge in [0.2, 0.25) is 0 Å². The molecule has 1 N–H and O–H groups in total. The first-order valence-electron chi connectivity index (χ1n) is 8.35. The van der Waals surface area contributed by atoms with Crippen LogP contribution in [0, 0.1) is 5.92 Å². The molecule has 1 saturated heterocycles. The van der Waals surface area contributed by atoms with Crippen LogP contribution >= 0.6 is 0 Å². The lowest BCUT2D eigenvalue weighted by Gasteiger charge is -2.36. The van der Waals surface area contributed by atoms with Gasteiger partial charge in [-0.05, 0) is 56.5 Å². The van der Waals surface area contributed by atoms with Crippen LogP contribution < -0.4 is 10.1 Å². The van der Waals surface area contributed by atoms with Gasteiger partial charge in [-0.2, -0.15) is 0 Å². The highest BCUT2D eigenvalue weighted by atomic mass is 16.5. The fourth-order valence-electron chi connectivity index (χ4n) is 3.08. The van der Waals surface area contributed by atoms with Crippen LogP contribution in [0.15, 0.2) is 24.3 Å². The van der Waals surface area contributed by atoms with Gasteiger partial charge in [-0.15, -0.1) is 0 Å². The molecule has 2 unspecified atom stereocenters. The summed E-state index contributed by atoms with van der Waals surface area (Å²) in [5, 5.41) is 3.35. The molecule has 0 amide bonds. The van der Waals surface area contributed by atoms with Gasteiger partial charge in [0.05, 0.1) is 0 Å². The van der Waals surface area contributed by atoms with Crippen LogP contribution in [-0.2, 0) is 6.54 Å². The third kappa shape index (κ3) is 5.33. The van der Waals surface area contributed by atoms with E-state index in [-0.39, 0.29) is 0 Å². The Morgan fingerprint density at radius 2 is 2.19 bits per heavy atom. The van der Waals surface area contributed by atoms with Crippen molar-refractivity contribution >= 4 is 0 Å². The maximum absolute atomic E-state index is 5.94. The molecular weight excluding hydrogens is 260 g/mol. The van der Waals surface area contributed by atoms with Crippen LogP contribution in [0.25, 0.3) is 0 Å². The van der Waals surface area contributed by atoms with Crippen molar-refractivity contribution in [2.45, 2.75) is 46.2 Å². The van der Waals surface area contributed by atoms with Crippen molar-refractivity contribution < 1.29 is 4.74 Å². The van der Waals surface area contributed by atoms with Crippen LogP contribution in [0.2, 0.25) is 0 Å². The van der Waals surface area contributed by atoms with Crippen molar-refractivity contribution in [3.8, 4) is 5.75 Å². The number of ether oxygens (including phenoxy) is 1. The monoisotopic (exact) mass is 290 g/mol. The molecule has 2 atom stereocenters. The van der Waals surface area contributed by atoms with Gasteiger partial charge in [0.15, 0.2) is 0 Å². The van der Waals surface area contributed by atoms with E-state index in [0.29, 0.717) is 6.04 Å². The number of hydrogen-bond donors (Lipinski definition) is 1. The first kappa shape index (κ1) is 16.3. The predicted molar refractivity (Wildman–Crippen MR) is 88.8 cm³/mol. The minimum atomic E-state index is 0.692. The Hall–Kier alpha value is -1.06. The Bertz CT molecular complexity index is 421. The molecule has 1 heterocycles. The van der Waals surface area contributed by atoms with Gasteiger partial charge in [-0.1, -0.05) is 26.0 Å². The van der Waals surface area contributed by atoms with Crippen LogP contribution in [0.1, 0.15) is 39.2 Å². The van der Waals surface area contributed by atoms with E-state index in [1.165, 1.54) is 24.9 Å². The second-order valence-electron chi connectivity index (χ2n) is 6.29. The molecule has 1 aromatic carbocycles. The lowest BCUT2D eigenvalue weighted by molar-refractivity contribution is 0.109. The first-order chi connectivity index (χ1) is 10.2. The predicted octanol–water partition coefficient (Wildman–Crippen LogP) is 3.30. The molecule has 0 spiro atoms. The standard InChI is InChI=1S/C18H30N2O/c1-4-19-14-17-6-5-7-18(13-17)21-11-10-20-9-8-15(2)12-16(20)3/h5-7,13,15-16,19H,4,8-12,14H2,1-3H3. The largest absolute Gasteiger partial charge is 0.492 e. The van der Waals surface area contributed by atoms with Gasteiger partial charge < -0.3 is 10.1 Å². The van der Waals surface area contributed by atoms with Crippen molar-refractivity contribution in [1.29, 1.82) is 0 Å². The summed E-state index contributed by atoms with van der Waals surface area (Å²) in [4.78, 5) is 2.56. The number of nitrogens with one attached hydrogen (secondary N) is 1. The van der Waals surface area contributed by atoms with E-state index in [4.69, 9.17) is 4.74 Å². The Labute approximate surface area is 129 Å². The third-order valence-electron chi connectivity index (χ3n) is 4.40. The van der Waals surface area contributed by atoms with Crippen LogP contribution in [0.4, 0.5) is 0 Å². The van der Waals surface area contributed by atoms with Gasteiger partial charge in [0.25, 0.3) is 0 Å². The molecule has 1 aliphatic rings. The van der Waals surface area contributed by atoms with Gasteiger partial charge in [0.1, 0.15) is 12.4 Å². The average Bonchev–Trinajstić information content (AvgIpc) is 2.48. The van der Waals surface area contributed by atoms with Crippen molar-refractivity contribution in [2.75, 3.05) is 26.2 Å². The molecule has 0 aromatic heterocycles. The summed E-state index contributed by atoms with van der Waals surface area (Å²) in [6.45, 7) is 11.8. The number of nitrogens with zero attached hydrogens (tertiary/aromatic N) is 1. The van der Waals surface area contributed by atoms with Gasteiger partial charge in [0, 0.05) is 19.1 Å². The second-order valence-corrected chi connectivity index (χ2v) is 6.29. The normalized spacial score (nSPS) is 23.2. The zero-order chi connectivity index (χ0) is 15.1. The molecular formula is C18H30N2O. The minimum absolute atomic E-state index is 0.692. The topological polar surface area (TPSA) is 24.5 Å². The van der Waals surface area contributed by atoms with Crippen molar-refractivity contribution in [3.05, 3.63) is 29.8 Å². The van der Waals surface area contributed by atoms with E-state index < -0.39 is 0 Å². The zero-order valence-electron chi connectivity index (χ0n) is 13.8. The highest BCUT2D eigenvalue weighted by Crippen LogP contribution is 2.21. The average molecular weight is 290 g/mol. The molecule has 2 rings (SSSR count). The molecule has 0 bridgehead atoms. The molecule has 1 aliphatic heterocycles. The van der Waals surface area contributed by atoms with E-state index >= 15 is 0 Å². The Morgan fingerprint density at radius 1 is 1.33 bits per heavy atom. The highest BCUT2D eigenvalue weighted by Gasteiger charge is 2.22. The number of piperidine rings is 1. The van der Waals surface area contributed by atoms with Gasteiger partial charge in [-0.25, -0.2) is 0 Å². The van der Waals surface area contributed by atoms with E-state index in [2.05, 4.69) is 55.3 Å². The lowest BCUT2D eigenvalue weighted by atomic mass is 9.93. The van der Waals surface area contributed by atoms with Crippen molar-refractivity contribution in [2.24, 2.45) is 5.92 Å². The fourth-order valence-corrected chi connectivity index (χ4v) is 3.08. The Balaban J connectivity index is 1.75. The van der Waals surface area contributed by atoms with Crippen LogP contribution in [0.5, 0.6) is 5.75 Å². The Morgan fingerprint density at radius 3 is 2.95 bits per heavy atom. The van der Waals surface area contributed by atoms with Gasteiger partial charge >= 0.3 is 0 Å². The molecule has 0 aliphatic carbocycles. The lowest BCUT2D eigenvalue weighted by Crippen LogP contribution is -2.42. The maximum atomic E-state index is 5.94. The van der Waals surface area contributed by atoms with Crippen LogP contribution in [-0.4, -0.2) is 37.2 Å². The molecule has 3 heteroatoms. The van der Waals surface area contributed by atoms with Crippen molar-refractivity contribution in [3.63, 3.8) is 0 Å². The number of rotatable bonds is 7. The molecule has 0 radical (unpaired) electrons. The molecule has 3 nitrogen and oxygen atoms in total. The third-order valence-corrected chi connectivity index (χ3v) is 4.40. The summed E-state index contributed by atoms with van der Waals surface area (Å²) in [7, 11) is 0. The highest BCUT2D eigenvalue weighted by molar-refractivity contribution is 5.28. The number of benzene rings is 1. The quantitative estimate of drug-likeness (QED) is 0.834. The summed E-state index contributed by atoms with van der Waals surface area (Å²) >= 11 is 0. The number of hydrogen-bond acceptors (Lipinski definition) is 3. The summed E-state index contributed by atoms with van der Waals surface area (Å²) < 4.78 is 5.94. The van der Waals surface area contributed by atoms with E-state index in [9.17, 15) is 0 Å². The number of likely N-dealkylation sites (tertiary alicyclic amines) is 1. The zero-order valence-corrected chi connectivity index (χ0v) is 13.8. The second kappa shape index (κ2) is 8.40. The molecule has 1 aromatic rings. The molecule has 21 heavy (non-hydrogen) atoms. The maximum Gasteiger partial charge on any atom is 0.119 e. The summed E-state index contributed by atoms with van der Waals surface area (Å²) in [5.41, 5.74) is 1.29. The fraction of sp³-hybridized carbons (Fsp3) is 0.667. The molecule has 118 valence electrons. The van der Waals surface area contributed by atoms with Crippen molar-refractivity contribution in [1.82, 2.24) is 10.2 Å². The van der Waals surface area contributed by atoms with E-state index in [1.54, 1.807) is 0 Å². The molecule has 1 fully saturated rings. The summed E-state index contributed by atoms with van der Waals surface area (Å²) in [6, 6.07) is 9.11. The summed E-state index contributed by atoms with van der Waals surface area (Å²) in [6.07, 6.45) is 2.64. The first-order valence-corrected chi connectivity index (χ1v) is 8.35. The summed E-state index contributed by atoms with van der Waals surface area (Å²) in [5.74, 6) is 1.86. The Kier molecular flexibility index (Phi) is 6.52. The van der Waals surface area contributed by atoms with Crippen LogP contribution in [0.3, 0.4) is 0 Å².